The molecular formula is C14H24N2S. The zero-order valence-corrected chi connectivity index (χ0v) is 11.9. The second kappa shape index (κ2) is 4.85. The van der Waals surface area contributed by atoms with Gasteiger partial charge in [-0.25, -0.2) is 5.01 Å². The Hall–Kier alpha value is -0.150. The lowest BCUT2D eigenvalue weighted by atomic mass is 9.94. The highest BCUT2D eigenvalue weighted by atomic mass is 32.2. The first kappa shape index (κ1) is 11.9. The summed E-state index contributed by atoms with van der Waals surface area (Å²) in [6, 6.07) is 0.720. The van der Waals surface area contributed by atoms with Crippen LogP contribution >= 0.6 is 11.8 Å². The summed E-state index contributed by atoms with van der Waals surface area (Å²) >= 11 is 2.16. The van der Waals surface area contributed by atoms with Crippen LogP contribution in [0.15, 0.2) is 10.6 Å². The van der Waals surface area contributed by atoms with Crippen molar-refractivity contribution in [3.8, 4) is 0 Å². The van der Waals surface area contributed by atoms with Crippen molar-refractivity contribution in [3.05, 3.63) is 10.6 Å². The fraction of sp³-hybridized carbons (Fsp3) is 0.857. The molecule has 17 heavy (non-hydrogen) atoms. The van der Waals surface area contributed by atoms with Gasteiger partial charge in [0.05, 0.1) is 6.04 Å². The molecule has 0 aromatic heterocycles. The maximum Gasteiger partial charge on any atom is 0.0617 e. The van der Waals surface area contributed by atoms with Gasteiger partial charge in [0.25, 0.3) is 0 Å². The highest BCUT2D eigenvalue weighted by Crippen LogP contribution is 2.49. The molecule has 3 aliphatic rings. The normalized spacial score (nSPS) is 36.9. The topological polar surface area (TPSA) is 15.3 Å². The summed E-state index contributed by atoms with van der Waals surface area (Å²) in [7, 11) is 0. The van der Waals surface area contributed by atoms with E-state index in [1.807, 2.05) is 0 Å². The second-order valence-corrected chi connectivity index (χ2v) is 7.09. The maximum absolute atomic E-state index is 3.74. The van der Waals surface area contributed by atoms with E-state index in [-0.39, 0.29) is 0 Å². The fourth-order valence-corrected chi connectivity index (χ4v) is 5.02. The van der Waals surface area contributed by atoms with Crippen molar-refractivity contribution in [1.82, 2.24) is 10.4 Å². The number of unbranched alkanes of at least 4 members (excludes halogenated alkanes) is 1. The van der Waals surface area contributed by atoms with Crippen molar-refractivity contribution in [3.63, 3.8) is 0 Å². The Bertz CT molecular complexity index is 326. The smallest absolute Gasteiger partial charge is 0.0617 e. The van der Waals surface area contributed by atoms with Gasteiger partial charge in [-0.15, -0.1) is 11.8 Å². The van der Waals surface area contributed by atoms with E-state index in [2.05, 4.69) is 36.0 Å². The molecule has 0 aromatic carbocycles. The summed E-state index contributed by atoms with van der Waals surface area (Å²) in [5.74, 6) is 0.792. The number of rotatable bonds is 3. The Labute approximate surface area is 109 Å². The molecule has 1 fully saturated rings. The fourth-order valence-electron chi connectivity index (χ4n) is 3.46. The Balaban J connectivity index is 1.75. The van der Waals surface area contributed by atoms with Crippen molar-refractivity contribution in [2.45, 2.75) is 63.7 Å². The summed E-state index contributed by atoms with van der Waals surface area (Å²) in [6.45, 7) is 5.96. The van der Waals surface area contributed by atoms with Gasteiger partial charge >= 0.3 is 0 Å². The molecule has 3 aliphatic heterocycles. The monoisotopic (exact) mass is 252 g/mol. The van der Waals surface area contributed by atoms with Gasteiger partial charge in [0, 0.05) is 28.3 Å². The molecule has 0 amide bonds. The summed E-state index contributed by atoms with van der Waals surface area (Å²) in [5.41, 5.74) is 5.34. The molecule has 3 unspecified atom stereocenters. The highest BCUT2D eigenvalue weighted by Gasteiger charge is 2.43. The Morgan fingerprint density at radius 2 is 2.29 bits per heavy atom. The SMILES string of the molecule is CCCCC1C2=C(SC1C)C1CCCCN1N2. The predicted molar refractivity (Wildman–Crippen MR) is 74.6 cm³/mol. The van der Waals surface area contributed by atoms with E-state index in [4.69, 9.17) is 0 Å². The summed E-state index contributed by atoms with van der Waals surface area (Å²) < 4.78 is 0. The standard InChI is InChI=1S/C14H24N2S/c1-3-4-7-11-10(2)17-14-12-8-5-6-9-16(12)15-13(11)14/h10-12,15H,3-9H2,1-2H3. The number of nitrogens with zero attached hydrogens (tertiary/aromatic N) is 1. The quantitative estimate of drug-likeness (QED) is 0.827. The Morgan fingerprint density at radius 1 is 1.41 bits per heavy atom. The average molecular weight is 252 g/mol. The molecule has 3 atom stereocenters. The lowest BCUT2D eigenvalue weighted by Gasteiger charge is -2.33. The van der Waals surface area contributed by atoms with Crippen LogP contribution in [0.3, 0.4) is 0 Å². The Morgan fingerprint density at radius 3 is 3.12 bits per heavy atom. The number of piperidine rings is 1. The molecule has 0 bridgehead atoms. The lowest BCUT2D eigenvalue weighted by Crippen LogP contribution is -2.44. The van der Waals surface area contributed by atoms with E-state index in [1.54, 1.807) is 10.6 Å². The van der Waals surface area contributed by atoms with Crippen molar-refractivity contribution < 1.29 is 0 Å². The lowest BCUT2D eigenvalue weighted by molar-refractivity contribution is 0.145. The number of thioether (sulfide) groups is 1. The van der Waals surface area contributed by atoms with Gasteiger partial charge in [-0.2, -0.15) is 0 Å². The number of fused-ring (bicyclic) bond motifs is 2. The minimum absolute atomic E-state index is 0.720. The van der Waals surface area contributed by atoms with Crippen LogP contribution in [-0.4, -0.2) is 22.8 Å². The van der Waals surface area contributed by atoms with Gasteiger partial charge < -0.3 is 5.43 Å². The summed E-state index contributed by atoms with van der Waals surface area (Å²) in [4.78, 5) is 1.69. The molecule has 1 N–H and O–H groups in total. The van der Waals surface area contributed by atoms with Crippen molar-refractivity contribution in [1.29, 1.82) is 0 Å². The molecule has 1 saturated heterocycles. The van der Waals surface area contributed by atoms with E-state index in [0.29, 0.717) is 0 Å². The van der Waals surface area contributed by atoms with Crippen molar-refractivity contribution in [2.24, 2.45) is 5.92 Å². The third-order valence-corrected chi connectivity index (χ3v) is 5.90. The van der Waals surface area contributed by atoms with Crippen LogP contribution < -0.4 is 5.43 Å². The first-order chi connectivity index (χ1) is 8.31. The first-order valence-electron chi connectivity index (χ1n) is 7.25. The van der Waals surface area contributed by atoms with E-state index >= 15 is 0 Å². The van der Waals surface area contributed by atoms with Gasteiger partial charge in [-0.1, -0.05) is 33.1 Å². The number of nitrogens with one attached hydrogen (secondary N) is 1. The van der Waals surface area contributed by atoms with E-state index < -0.39 is 0 Å². The van der Waals surface area contributed by atoms with Crippen LogP contribution in [-0.2, 0) is 0 Å². The second-order valence-electron chi connectivity index (χ2n) is 5.67. The molecule has 3 heterocycles. The van der Waals surface area contributed by atoms with Gasteiger partial charge in [0.15, 0.2) is 0 Å². The zero-order valence-electron chi connectivity index (χ0n) is 11.0. The molecule has 0 spiro atoms. The molecule has 3 rings (SSSR count). The molecule has 0 saturated carbocycles. The molecule has 2 nitrogen and oxygen atoms in total. The molecule has 0 radical (unpaired) electrons. The number of hydrazine groups is 1. The van der Waals surface area contributed by atoms with Gasteiger partial charge in [-0.05, 0) is 19.3 Å². The number of hydrogen-bond acceptors (Lipinski definition) is 3. The van der Waals surface area contributed by atoms with Gasteiger partial charge in [0.1, 0.15) is 0 Å². The minimum Gasteiger partial charge on any atom is -0.321 e. The summed E-state index contributed by atoms with van der Waals surface area (Å²) in [5, 5.41) is 3.30. The van der Waals surface area contributed by atoms with Gasteiger partial charge in [-0.3, -0.25) is 0 Å². The third-order valence-electron chi connectivity index (χ3n) is 4.45. The summed E-state index contributed by atoms with van der Waals surface area (Å²) in [6.07, 6.45) is 8.21. The van der Waals surface area contributed by atoms with Crippen LogP contribution in [0.2, 0.25) is 0 Å². The van der Waals surface area contributed by atoms with Crippen LogP contribution in [0.25, 0.3) is 0 Å². The van der Waals surface area contributed by atoms with E-state index in [0.717, 1.165) is 17.2 Å². The molecule has 3 heteroatoms. The van der Waals surface area contributed by atoms with Crippen LogP contribution in [0.5, 0.6) is 0 Å². The van der Waals surface area contributed by atoms with Gasteiger partial charge in [0.2, 0.25) is 0 Å². The van der Waals surface area contributed by atoms with Crippen molar-refractivity contribution >= 4 is 11.8 Å². The molecule has 0 aliphatic carbocycles. The average Bonchev–Trinajstić information content (AvgIpc) is 2.82. The molecule has 0 aromatic rings. The Kier molecular flexibility index (Phi) is 3.40. The van der Waals surface area contributed by atoms with Crippen LogP contribution in [0.4, 0.5) is 0 Å². The highest BCUT2D eigenvalue weighted by molar-refractivity contribution is 8.04. The van der Waals surface area contributed by atoms with Crippen LogP contribution in [0.1, 0.15) is 52.4 Å². The van der Waals surface area contributed by atoms with E-state index in [1.165, 1.54) is 45.1 Å². The number of hydrogen-bond donors (Lipinski definition) is 1. The van der Waals surface area contributed by atoms with Crippen molar-refractivity contribution in [2.75, 3.05) is 6.54 Å². The predicted octanol–water partition coefficient (Wildman–Crippen LogP) is 3.51. The molecule has 96 valence electrons. The first-order valence-corrected chi connectivity index (χ1v) is 8.13. The third kappa shape index (κ3) is 2.01. The maximum atomic E-state index is 3.74. The largest absolute Gasteiger partial charge is 0.321 e. The number of allylic oxidation sites excluding steroid dienone is 1. The minimum atomic E-state index is 0.720. The van der Waals surface area contributed by atoms with E-state index in [9.17, 15) is 0 Å². The molecular weight excluding hydrogens is 228 g/mol. The zero-order chi connectivity index (χ0) is 11.8. The van der Waals surface area contributed by atoms with Crippen LogP contribution in [0, 0.1) is 5.92 Å².